The Bertz CT molecular complexity index is 670. The van der Waals surface area contributed by atoms with Crippen LogP contribution in [0.15, 0.2) is 24.3 Å². The first-order valence-electron chi connectivity index (χ1n) is 7.87. The SMILES string of the molecule is COc1ccc(-n2c([C@H](C)[NH+]3CCCCC3)n[nH]c2=S)cc1. The highest BCUT2D eigenvalue weighted by atomic mass is 32.1. The van der Waals surface area contributed by atoms with Crippen molar-refractivity contribution >= 4 is 12.2 Å². The molecule has 1 aromatic heterocycles. The standard InChI is InChI=1S/C16H22N4OS/c1-12(19-10-4-3-5-11-19)15-17-18-16(22)20(15)13-6-8-14(21-2)9-7-13/h6-9,12H,3-5,10-11H2,1-2H3,(H,18,22)/p+1/t12-/m0/s1. The van der Waals surface area contributed by atoms with Crippen LogP contribution in [0.4, 0.5) is 0 Å². The normalized spacial score (nSPS) is 17.4. The minimum atomic E-state index is 0.329. The van der Waals surface area contributed by atoms with Crippen LogP contribution < -0.4 is 9.64 Å². The Balaban J connectivity index is 1.94. The van der Waals surface area contributed by atoms with E-state index < -0.39 is 0 Å². The second-order valence-electron chi connectivity index (χ2n) is 5.86. The molecule has 118 valence electrons. The number of ether oxygens (including phenoxy) is 1. The molecule has 0 amide bonds. The summed E-state index contributed by atoms with van der Waals surface area (Å²) in [7, 11) is 1.67. The van der Waals surface area contributed by atoms with Crippen LogP contribution in [-0.2, 0) is 0 Å². The number of likely N-dealkylation sites (tertiary alicyclic amines) is 1. The summed E-state index contributed by atoms with van der Waals surface area (Å²) in [4.78, 5) is 1.59. The summed E-state index contributed by atoms with van der Waals surface area (Å²) in [5.74, 6) is 1.85. The van der Waals surface area contributed by atoms with Crippen molar-refractivity contribution in [1.82, 2.24) is 14.8 Å². The number of nitrogens with zero attached hydrogens (tertiary/aromatic N) is 2. The van der Waals surface area contributed by atoms with Crippen LogP contribution in [0.1, 0.15) is 38.1 Å². The van der Waals surface area contributed by atoms with E-state index in [0.717, 1.165) is 17.3 Å². The van der Waals surface area contributed by atoms with Crippen molar-refractivity contribution in [3.63, 3.8) is 0 Å². The Morgan fingerprint density at radius 3 is 2.55 bits per heavy atom. The van der Waals surface area contributed by atoms with Gasteiger partial charge in [-0.2, -0.15) is 5.10 Å². The molecule has 1 aliphatic heterocycles. The number of nitrogens with one attached hydrogen (secondary N) is 2. The quantitative estimate of drug-likeness (QED) is 0.848. The summed E-state index contributed by atoms with van der Waals surface area (Å²) >= 11 is 5.44. The van der Waals surface area contributed by atoms with Gasteiger partial charge >= 0.3 is 0 Å². The lowest BCUT2D eigenvalue weighted by atomic mass is 10.1. The minimum absolute atomic E-state index is 0.329. The van der Waals surface area contributed by atoms with Gasteiger partial charge in [-0.25, -0.2) is 0 Å². The van der Waals surface area contributed by atoms with Crippen molar-refractivity contribution in [2.75, 3.05) is 20.2 Å². The number of hydrogen-bond acceptors (Lipinski definition) is 3. The number of methoxy groups -OCH3 is 1. The fraction of sp³-hybridized carbons (Fsp3) is 0.500. The number of rotatable bonds is 4. The maximum absolute atomic E-state index is 5.44. The summed E-state index contributed by atoms with van der Waals surface area (Å²) in [5.41, 5.74) is 1.03. The van der Waals surface area contributed by atoms with Gasteiger partial charge in [-0.15, -0.1) is 0 Å². The maximum atomic E-state index is 5.44. The predicted molar refractivity (Wildman–Crippen MR) is 88.3 cm³/mol. The van der Waals surface area contributed by atoms with Crippen molar-refractivity contribution < 1.29 is 9.64 Å². The Labute approximate surface area is 135 Å². The minimum Gasteiger partial charge on any atom is -0.497 e. The van der Waals surface area contributed by atoms with Gasteiger partial charge in [0.1, 0.15) is 11.8 Å². The average Bonchev–Trinajstić information content (AvgIpc) is 2.96. The Kier molecular flexibility index (Phi) is 4.59. The van der Waals surface area contributed by atoms with Gasteiger partial charge in [0.2, 0.25) is 0 Å². The number of aromatic amines is 1. The van der Waals surface area contributed by atoms with Crippen LogP contribution >= 0.6 is 12.2 Å². The van der Waals surface area contributed by atoms with Crippen LogP contribution in [0.3, 0.4) is 0 Å². The Hall–Kier alpha value is -1.66. The number of hydrogen-bond donors (Lipinski definition) is 2. The predicted octanol–water partition coefficient (Wildman–Crippen LogP) is 2.07. The van der Waals surface area contributed by atoms with Gasteiger partial charge in [-0.05, 0) is 62.7 Å². The molecule has 0 aliphatic carbocycles. The molecule has 6 heteroatoms. The summed E-state index contributed by atoms with van der Waals surface area (Å²) in [6.07, 6.45) is 3.95. The van der Waals surface area contributed by atoms with Gasteiger partial charge < -0.3 is 9.64 Å². The van der Waals surface area contributed by atoms with E-state index in [4.69, 9.17) is 17.0 Å². The second kappa shape index (κ2) is 6.62. The number of quaternary nitrogens is 1. The number of benzene rings is 1. The first-order valence-corrected chi connectivity index (χ1v) is 8.28. The zero-order chi connectivity index (χ0) is 15.5. The van der Waals surface area contributed by atoms with E-state index in [1.54, 1.807) is 12.0 Å². The zero-order valence-corrected chi connectivity index (χ0v) is 13.9. The molecule has 0 spiro atoms. The van der Waals surface area contributed by atoms with Gasteiger partial charge in [-0.3, -0.25) is 9.67 Å². The smallest absolute Gasteiger partial charge is 0.200 e. The van der Waals surface area contributed by atoms with E-state index in [1.165, 1.54) is 32.4 Å². The number of piperidine rings is 1. The van der Waals surface area contributed by atoms with Crippen molar-refractivity contribution in [2.24, 2.45) is 0 Å². The van der Waals surface area contributed by atoms with Gasteiger partial charge in [-0.1, -0.05) is 0 Å². The topological polar surface area (TPSA) is 47.3 Å². The molecule has 0 unspecified atom stereocenters. The van der Waals surface area contributed by atoms with E-state index in [1.807, 2.05) is 28.8 Å². The highest BCUT2D eigenvalue weighted by Crippen LogP contribution is 2.19. The Morgan fingerprint density at radius 1 is 1.23 bits per heavy atom. The highest BCUT2D eigenvalue weighted by Gasteiger charge is 2.26. The lowest BCUT2D eigenvalue weighted by Crippen LogP contribution is -3.12. The lowest BCUT2D eigenvalue weighted by molar-refractivity contribution is -0.935. The maximum Gasteiger partial charge on any atom is 0.200 e. The molecule has 3 rings (SSSR count). The summed E-state index contributed by atoms with van der Waals surface area (Å²) in [5, 5.41) is 7.46. The van der Waals surface area contributed by atoms with Crippen LogP contribution in [0.25, 0.3) is 5.69 Å². The third-order valence-electron chi connectivity index (χ3n) is 4.52. The fourth-order valence-electron chi connectivity index (χ4n) is 3.20. The summed E-state index contributed by atoms with van der Waals surface area (Å²) in [6.45, 7) is 4.67. The van der Waals surface area contributed by atoms with Crippen LogP contribution in [0, 0.1) is 4.77 Å². The third kappa shape index (κ3) is 2.94. The lowest BCUT2D eigenvalue weighted by Gasteiger charge is -2.28. The molecule has 0 radical (unpaired) electrons. The number of H-pyrrole nitrogens is 1. The molecule has 22 heavy (non-hydrogen) atoms. The van der Waals surface area contributed by atoms with Crippen molar-refractivity contribution in [2.45, 2.75) is 32.2 Å². The molecule has 5 nitrogen and oxygen atoms in total. The van der Waals surface area contributed by atoms with E-state index >= 15 is 0 Å². The fourth-order valence-corrected chi connectivity index (χ4v) is 3.45. The molecule has 2 aromatic rings. The van der Waals surface area contributed by atoms with Gasteiger partial charge in [0, 0.05) is 0 Å². The molecule has 1 saturated heterocycles. The molecule has 2 heterocycles. The third-order valence-corrected chi connectivity index (χ3v) is 4.80. The van der Waals surface area contributed by atoms with E-state index in [9.17, 15) is 0 Å². The average molecular weight is 319 g/mol. The van der Waals surface area contributed by atoms with Gasteiger partial charge in [0.25, 0.3) is 0 Å². The molecule has 2 N–H and O–H groups in total. The van der Waals surface area contributed by atoms with Crippen molar-refractivity contribution in [3.8, 4) is 11.4 Å². The molecule has 0 bridgehead atoms. The van der Waals surface area contributed by atoms with Gasteiger partial charge in [0.05, 0.1) is 25.9 Å². The van der Waals surface area contributed by atoms with Crippen LogP contribution in [0.5, 0.6) is 5.75 Å². The molecular weight excluding hydrogens is 296 g/mol. The van der Waals surface area contributed by atoms with E-state index in [0.29, 0.717) is 10.8 Å². The number of aromatic nitrogens is 3. The summed E-state index contributed by atoms with van der Waals surface area (Å²) in [6, 6.07) is 8.27. The molecule has 1 aliphatic rings. The van der Waals surface area contributed by atoms with Gasteiger partial charge in [0.15, 0.2) is 10.6 Å². The van der Waals surface area contributed by atoms with Crippen LogP contribution in [-0.4, -0.2) is 35.0 Å². The van der Waals surface area contributed by atoms with Crippen molar-refractivity contribution in [1.29, 1.82) is 0 Å². The first-order chi connectivity index (χ1) is 10.7. The van der Waals surface area contributed by atoms with E-state index in [2.05, 4.69) is 17.1 Å². The molecule has 1 fully saturated rings. The molecular formula is C16H23N4OS+. The highest BCUT2D eigenvalue weighted by molar-refractivity contribution is 7.71. The first kappa shape index (κ1) is 15.2. The zero-order valence-electron chi connectivity index (χ0n) is 13.1. The molecule has 0 saturated carbocycles. The van der Waals surface area contributed by atoms with E-state index in [-0.39, 0.29) is 0 Å². The summed E-state index contributed by atoms with van der Waals surface area (Å²) < 4.78 is 7.91. The second-order valence-corrected chi connectivity index (χ2v) is 6.25. The largest absolute Gasteiger partial charge is 0.497 e. The molecule has 1 atom stereocenters. The Morgan fingerprint density at radius 2 is 1.91 bits per heavy atom. The monoisotopic (exact) mass is 319 g/mol. The van der Waals surface area contributed by atoms with Crippen LogP contribution in [0.2, 0.25) is 0 Å². The van der Waals surface area contributed by atoms with Crippen molar-refractivity contribution in [3.05, 3.63) is 34.9 Å². The molecule has 1 aromatic carbocycles.